The van der Waals surface area contributed by atoms with Crippen LogP contribution in [0.4, 0.5) is 0 Å². The van der Waals surface area contributed by atoms with Gasteiger partial charge in [-0.1, -0.05) is 52.4 Å². The standard InChI is InChI=1S/C23H42O/c1-3-17-5-9-19(10-6-17)23(21-13-15-22(24)16-14-21)20-11-7-18(4-2)8-12-20/h17-24H,3-16H2,1-2H3. The first kappa shape index (κ1) is 18.7. The average molecular weight is 335 g/mol. The number of aliphatic hydroxyl groups is 1. The lowest BCUT2D eigenvalue weighted by Gasteiger charge is -2.46. The predicted molar refractivity (Wildman–Crippen MR) is 103 cm³/mol. The Labute approximate surface area is 151 Å². The van der Waals surface area contributed by atoms with Gasteiger partial charge in [-0.15, -0.1) is 0 Å². The topological polar surface area (TPSA) is 20.2 Å². The van der Waals surface area contributed by atoms with Crippen molar-refractivity contribution in [2.24, 2.45) is 35.5 Å². The Kier molecular flexibility index (Phi) is 7.07. The first-order valence-electron chi connectivity index (χ1n) is 11.4. The molecule has 24 heavy (non-hydrogen) atoms. The van der Waals surface area contributed by atoms with Crippen molar-refractivity contribution in [2.45, 2.75) is 110 Å². The molecule has 1 heteroatoms. The average Bonchev–Trinajstić information content (AvgIpc) is 2.64. The van der Waals surface area contributed by atoms with Crippen LogP contribution in [0.25, 0.3) is 0 Å². The number of hydrogen-bond donors (Lipinski definition) is 1. The van der Waals surface area contributed by atoms with Crippen molar-refractivity contribution in [3.8, 4) is 0 Å². The fourth-order valence-corrected chi connectivity index (χ4v) is 6.60. The van der Waals surface area contributed by atoms with Crippen LogP contribution in [0.2, 0.25) is 0 Å². The number of rotatable bonds is 5. The zero-order valence-electron chi connectivity index (χ0n) is 16.4. The zero-order valence-corrected chi connectivity index (χ0v) is 16.4. The minimum Gasteiger partial charge on any atom is -0.393 e. The Balaban J connectivity index is 1.65. The van der Waals surface area contributed by atoms with E-state index in [1.165, 1.54) is 77.0 Å². The highest BCUT2D eigenvalue weighted by Crippen LogP contribution is 2.49. The molecule has 0 radical (unpaired) electrons. The van der Waals surface area contributed by atoms with Gasteiger partial charge < -0.3 is 5.11 Å². The zero-order chi connectivity index (χ0) is 16.9. The van der Waals surface area contributed by atoms with E-state index in [9.17, 15) is 5.11 Å². The fourth-order valence-electron chi connectivity index (χ4n) is 6.60. The molecule has 0 spiro atoms. The molecule has 3 fully saturated rings. The summed E-state index contributed by atoms with van der Waals surface area (Å²) in [7, 11) is 0. The molecule has 0 atom stereocenters. The molecular formula is C23H42O. The Morgan fingerprint density at radius 2 is 0.917 bits per heavy atom. The maximum absolute atomic E-state index is 9.96. The third-order valence-corrected chi connectivity index (χ3v) is 8.31. The molecule has 3 rings (SSSR count). The van der Waals surface area contributed by atoms with Crippen LogP contribution in [0, 0.1) is 35.5 Å². The van der Waals surface area contributed by atoms with Crippen molar-refractivity contribution in [3.63, 3.8) is 0 Å². The third-order valence-electron chi connectivity index (χ3n) is 8.31. The first-order valence-corrected chi connectivity index (χ1v) is 11.4. The molecule has 0 amide bonds. The molecule has 0 heterocycles. The third kappa shape index (κ3) is 4.57. The number of hydrogen-bond acceptors (Lipinski definition) is 1. The second-order valence-electron chi connectivity index (χ2n) is 9.52. The quantitative estimate of drug-likeness (QED) is 0.601. The van der Waals surface area contributed by atoms with Gasteiger partial charge in [-0.05, 0) is 86.9 Å². The highest BCUT2D eigenvalue weighted by atomic mass is 16.3. The van der Waals surface area contributed by atoms with Gasteiger partial charge in [0.15, 0.2) is 0 Å². The van der Waals surface area contributed by atoms with Crippen molar-refractivity contribution >= 4 is 0 Å². The Morgan fingerprint density at radius 3 is 1.25 bits per heavy atom. The molecule has 0 bridgehead atoms. The summed E-state index contributed by atoms with van der Waals surface area (Å²) < 4.78 is 0. The second kappa shape index (κ2) is 9.06. The van der Waals surface area contributed by atoms with Gasteiger partial charge in [0.25, 0.3) is 0 Å². The van der Waals surface area contributed by atoms with Gasteiger partial charge in [-0.3, -0.25) is 0 Å². The largest absolute Gasteiger partial charge is 0.393 e. The Bertz CT molecular complexity index is 317. The molecule has 3 aliphatic rings. The highest BCUT2D eigenvalue weighted by molar-refractivity contribution is 4.90. The fraction of sp³-hybridized carbons (Fsp3) is 1.00. The van der Waals surface area contributed by atoms with Gasteiger partial charge in [0, 0.05) is 0 Å². The van der Waals surface area contributed by atoms with Crippen LogP contribution >= 0.6 is 0 Å². The van der Waals surface area contributed by atoms with Crippen molar-refractivity contribution in [2.75, 3.05) is 0 Å². The van der Waals surface area contributed by atoms with E-state index >= 15 is 0 Å². The van der Waals surface area contributed by atoms with Gasteiger partial charge in [0.2, 0.25) is 0 Å². The molecule has 0 aromatic carbocycles. The summed E-state index contributed by atoms with van der Waals surface area (Å²) in [6.07, 6.45) is 19.6. The minimum atomic E-state index is 0.00792. The van der Waals surface area contributed by atoms with Crippen molar-refractivity contribution in [1.82, 2.24) is 0 Å². The lowest BCUT2D eigenvalue weighted by Crippen LogP contribution is -2.37. The van der Waals surface area contributed by atoms with E-state index in [4.69, 9.17) is 0 Å². The predicted octanol–water partition coefficient (Wildman–Crippen LogP) is 6.59. The van der Waals surface area contributed by atoms with Crippen molar-refractivity contribution in [1.29, 1.82) is 0 Å². The van der Waals surface area contributed by atoms with Crippen LogP contribution in [0.3, 0.4) is 0 Å². The molecule has 140 valence electrons. The SMILES string of the molecule is CCC1CCC(C(C2CCC(O)CC2)C2CCC(CC)CC2)CC1. The van der Waals surface area contributed by atoms with Crippen LogP contribution in [0.1, 0.15) is 104 Å². The van der Waals surface area contributed by atoms with E-state index in [2.05, 4.69) is 13.8 Å². The minimum absolute atomic E-state index is 0.00792. The maximum Gasteiger partial charge on any atom is 0.0540 e. The Morgan fingerprint density at radius 1 is 0.583 bits per heavy atom. The van der Waals surface area contributed by atoms with Gasteiger partial charge in [0.05, 0.1) is 6.10 Å². The van der Waals surface area contributed by atoms with Gasteiger partial charge >= 0.3 is 0 Å². The Hall–Kier alpha value is -0.0400. The molecule has 1 N–H and O–H groups in total. The summed E-state index contributed by atoms with van der Waals surface area (Å²) in [6.45, 7) is 4.77. The van der Waals surface area contributed by atoms with Crippen LogP contribution in [0.15, 0.2) is 0 Å². The van der Waals surface area contributed by atoms with Gasteiger partial charge in [-0.2, -0.15) is 0 Å². The van der Waals surface area contributed by atoms with Crippen LogP contribution in [0.5, 0.6) is 0 Å². The van der Waals surface area contributed by atoms with Crippen LogP contribution < -0.4 is 0 Å². The summed E-state index contributed by atoms with van der Waals surface area (Å²) in [5.41, 5.74) is 0. The summed E-state index contributed by atoms with van der Waals surface area (Å²) in [5, 5.41) is 9.96. The van der Waals surface area contributed by atoms with Gasteiger partial charge in [0.1, 0.15) is 0 Å². The van der Waals surface area contributed by atoms with Crippen molar-refractivity contribution in [3.05, 3.63) is 0 Å². The molecule has 0 saturated heterocycles. The van der Waals surface area contributed by atoms with Crippen LogP contribution in [-0.2, 0) is 0 Å². The lowest BCUT2D eigenvalue weighted by molar-refractivity contribution is 0.0221. The van der Waals surface area contributed by atoms with Crippen LogP contribution in [-0.4, -0.2) is 11.2 Å². The van der Waals surface area contributed by atoms with Crippen molar-refractivity contribution < 1.29 is 5.11 Å². The molecule has 1 nitrogen and oxygen atoms in total. The van der Waals surface area contributed by atoms with E-state index < -0.39 is 0 Å². The van der Waals surface area contributed by atoms with Gasteiger partial charge in [-0.25, -0.2) is 0 Å². The summed E-state index contributed by atoms with van der Waals surface area (Å²) >= 11 is 0. The molecule has 3 aliphatic carbocycles. The second-order valence-corrected chi connectivity index (χ2v) is 9.52. The smallest absolute Gasteiger partial charge is 0.0540 e. The molecule has 0 aliphatic heterocycles. The number of aliphatic hydroxyl groups excluding tert-OH is 1. The molecule has 3 saturated carbocycles. The highest BCUT2D eigenvalue weighted by Gasteiger charge is 2.39. The summed E-state index contributed by atoms with van der Waals surface area (Å²) in [6, 6.07) is 0. The van der Waals surface area contributed by atoms with E-state index in [0.717, 1.165) is 48.3 Å². The van der Waals surface area contributed by atoms with E-state index in [-0.39, 0.29) is 6.10 Å². The van der Waals surface area contributed by atoms with E-state index in [1.807, 2.05) is 0 Å². The van der Waals surface area contributed by atoms with E-state index in [0.29, 0.717) is 0 Å². The molecule has 0 aromatic heterocycles. The molecular weight excluding hydrogens is 292 g/mol. The molecule has 0 aromatic rings. The normalized spacial score (nSPS) is 42.6. The molecule has 0 unspecified atom stereocenters. The first-order chi connectivity index (χ1) is 11.7. The lowest BCUT2D eigenvalue weighted by atomic mass is 9.60. The summed E-state index contributed by atoms with van der Waals surface area (Å²) in [4.78, 5) is 0. The summed E-state index contributed by atoms with van der Waals surface area (Å²) in [5.74, 6) is 5.98. The van der Waals surface area contributed by atoms with E-state index in [1.54, 1.807) is 0 Å². The maximum atomic E-state index is 9.96. The monoisotopic (exact) mass is 334 g/mol.